The first kappa shape index (κ1) is 24.5. The molecule has 0 aliphatic rings. The fourth-order valence-corrected chi connectivity index (χ4v) is 4.78. The molecule has 1 atom stereocenters. The molecule has 0 aliphatic heterocycles. The number of hydrogen-bond acceptors (Lipinski definition) is 7. The third kappa shape index (κ3) is 6.00. The van der Waals surface area contributed by atoms with Crippen LogP contribution in [0.2, 0.25) is 10.0 Å². The molecule has 2 amide bonds. The summed E-state index contributed by atoms with van der Waals surface area (Å²) in [6.07, 6.45) is 1.63. The van der Waals surface area contributed by atoms with Gasteiger partial charge in [-0.3, -0.25) is 9.59 Å². The summed E-state index contributed by atoms with van der Waals surface area (Å²) in [5.74, 6) is 0.308. The first-order valence-corrected chi connectivity index (χ1v) is 12.4. The second-order valence-electron chi connectivity index (χ2n) is 7.08. The third-order valence-corrected chi connectivity index (χ3v) is 6.68. The lowest BCUT2D eigenvalue weighted by Gasteiger charge is -2.22. The molecule has 3 rings (SSSR count). The first-order chi connectivity index (χ1) is 15.3. The minimum absolute atomic E-state index is 0.0329. The lowest BCUT2D eigenvalue weighted by atomic mass is 10.0. The van der Waals surface area contributed by atoms with E-state index < -0.39 is 6.04 Å². The molecular formula is C20H22Cl2N6O2S2. The normalized spacial score (nSPS) is 12.1. The summed E-state index contributed by atoms with van der Waals surface area (Å²) in [7, 11) is 0. The van der Waals surface area contributed by atoms with Crippen LogP contribution in [0.1, 0.15) is 43.0 Å². The number of rotatable bonds is 9. The maximum atomic E-state index is 12.9. The Balaban J connectivity index is 1.74. The van der Waals surface area contributed by atoms with Crippen molar-refractivity contribution in [3.05, 3.63) is 51.2 Å². The van der Waals surface area contributed by atoms with Gasteiger partial charge >= 0.3 is 0 Å². The zero-order chi connectivity index (χ0) is 23.3. The van der Waals surface area contributed by atoms with E-state index in [9.17, 15) is 9.59 Å². The number of anilines is 1. The van der Waals surface area contributed by atoms with Gasteiger partial charge < -0.3 is 15.2 Å². The summed E-state index contributed by atoms with van der Waals surface area (Å²) in [6.45, 7) is 6.51. The highest BCUT2D eigenvalue weighted by Crippen LogP contribution is 2.27. The van der Waals surface area contributed by atoms with E-state index in [1.54, 1.807) is 23.7 Å². The van der Waals surface area contributed by atoms with E-state index in [4.69, 9.17) is 23.2 Å². The number of thioether (sulfide) groups is 1. The topological polar surface area (TPSA) is 102 Å². The van der Waals surface area contributed by atoms with Crippen molar-refractivity contribution in [2.75, 3.05) is 11.1 Å². The van der Waals surface area contributed by atoms with E-state index >= 15 is 0 Å². The van der Waals surface area contributed by atoms with Crippen molar-refractivity contribution in [3.8, 4) is 0 Å². The molecule has 3 aromatic rings. The van der Waals surface area contributed by atoms with Gasteiger partial charge in [0.25, 0.3) is 5.91 Å². The van der Waals surface area contributed by atoms with Gasteiger partial charge in [-0.15, -0.1) is 21.5 Å². The lowest BCUT2D eigenvalue weighted by Crippen LogP contribution is -2.34. The molecular weight excluding hydrogens is 491 g/mol. The summed E-state index contributed by atoms with van der Waals surface area (Å²) in [5.41, 5.74) is 0.331. The van der Waals surface area contributed by atoms with Crippen LogP contribution in [0.5, 0.6) is 0 Å². The molecule has 0 aliphatic carbocycles. The molecule has 2 N–H and O–H groups in total. The minimum atomic E-state index is -0.403. The van der Waals surface area contributed by atoms with Crippen LogP contribution in [0.4, 0.5) is 5.13 Å². The standard InChI is InChI=1S/C20H22Cl2N6O2S2/c1-4-28-17(26-27-20(28)32-10-15(29)24-19-23-7-8-31-19)16(11(2)3)25-18(30)13-6-5-12(21)9-14(13)22/h5-9,11,16H,4,10H2,1-3H3,(H,25,30)(H,23,24,29)/t16-/m0/s1. The van der Waals surface area contributed by atoms with Gasteiger partial charge in [-0.2, -0.15) is 0 Å². The Bertz CT molecular complexity index is 1090. The summed E-state index contributed by atoms with van der Waals surface area (Å²) in [5, 5.41) is 18.0. The SMILES string of the molecule is CCn1c(SCC(=O)Nc2nccs2)nnc1[C@@H](NC(=O)c1ccc(Cl)cc1Cl)C(C)C. The predicted molar refractivity (Wildman–Crippen MR) is 129 cm³/mol. The van der Waals surface area contributed by atoms with Gasteiger partial charge in [0.2, 0.25) is 5.91 Å². The number of benzene rings is 1. The zero-order valence-corrected chi connectivity index (χ0v) is 20.8. The van der Waals surface area contributed by atoms with Crippen LogP contribution in [0.3, 0.4) is 0 Å². The highest BCUT2D eigenvalue weighted by atomic mass is 35.5. The molecule has 0 bridgehead atoms. The van der Waals surface area contributed by atoms with Gasteiger partial charge in [-0.05, 0) is 31.0 Å². The van der Waals surface area contributed by atoms with Crippen molar-refractivity contribution in [1.82, 2.24) is 25.1 Å². The number of hydrogen-bond donors (Lipinski definition) is 2. The lowest BCUT2D eigenvalue weighted by molar-refractivity contribution is -0.113. The van der Waals surface area contributed by atoms with Crippen molar-refractivity contribution >= 4 is 63.2 Å². The van der Waals surface area contributed by atoms with E-state index in [0.717, 1.165) is 0 Å². The molecule has 8 nitrogen and oxygen atoms in total. The summed E-state index contributed by atoms with van der Waals surface area (Å²) in [6, 6.07) is 4.33. The van der Waals surface area contributed by atoms with Crippen LogP contribution in [-0.4, -0.2) is 37.3 Å². The van der Waals surface area contributed by atoms with E-state index in [1.807, 2.05) is 25.3 Å². The Morgan fingerprint density at radius 3 is 2.66 bits per heavy atom. The second kappa shape index (κ2) is 11.1. The average Bonchev–Trinajstić information content (AvgIpc) is 3.39. The van der Waals surface area contributed by atoms with E-state index in [0.29, 0.717) is 33.2 Å². The quantitative estimate of drug-likeness (QED) is 0.394. The first-order valence-electron chi connectivity index (χ1n) is 9.81. The summed E-state index contributed by atoms with van der Waals surface area (Å²) >= 11 is 14.8. The number of amides is 2. The monoisotopic (exact) mass is 512 g/mol. The van der Waals surface area contributed by atoms with E-state index in [2.05, 4.69) is 25.8 Å². The van der Waals surface area contributed by atoms with Crippen LogP contribution in [0, 0.1) is 5.92 Å². The van der Waals surface area contributed by atoms with Gasteiger partial charge in [-0.1, -0.05) is 48.8 Å². The number of nitrogens with one attached hydrogen (secondary N) is 2. The summed E-state index contributed by atoms with van der Waals surface area (Å²) < 4.78 is 1.90. The third-order valence-electron chi connectivity index (χ3n) is 4.48. The van der Waals surface area contributed by atoms with Crippen molar-refractivity contribution in [2.24, 2.45) is 5.92 Å². The average molecular weight is 513 g/mol. The fraction of sp³-hybridized carbons (Fsp3) is 0.350. The Morgan fingerprint density at radius 2 is 2.03 bits per heavy atom. The van der Waals surface area contributed by atoms with Crippen molar-refractivity contribution in [2.45, 2.75) is 38.5 Å². The van der Waals surface area contributed by atoms with E-state index in [1.165, 1.54) is 29.2 Å². The molecule has 0 radical (unpaired) electrons. The van der Waals surface area contributed by atoms with Gasteiger partial charge in [0, 0.05) is 23.1 Å². The number of aromatic nitrogens is 4. The van der Waals surface area contributed by atoms with Crippen LogP contribution in [0.15, 0.2) is 34.9 Å². The van der Waals surface area contributed by atoms with Gasteiger partial charge in [0.05, 0.1) is 22.4 Å². The Labute approximate surface area is 204 Å². The highest BCUT2D eigenvalue weighted by molar-refractivity contribution is 7.99. The number of nitrogens with zero attached hydrogens (tertiary/aromatic N) is 4. The molecule has 0 fully saturated rings. The largest absolute Gasteiger partial charge is 0.342 e. The van der Waals surface area contributed by atoms with Crippen LogP contribution in [0.25, 0.3) is 0 Å². The maximum absolute atomic E-state index is 12.9. The molecule has 32 heavy (non-hydrogen) atoms. The van der Waals surface area contributed by atoms with Crippen molar-refractivity contribution in [1.29, 1.82) is 0 Å². The van der Waals surface area contributed by atoms with E-state index in [-0.39, 0.29) is 28.5 Å². The molecule has 0 spiro atoms. The fourth-order valence-electron chi connectivity index (χ4n) is 2.93. The molecule has 1 aromatic carbocycles. The summed E-state index contributed by atoms with van der Waals surface area (Å²) in [4.78, 5) is 29.1. The van der Waals surface area contributed by atoms with Gasteiger partial charge in [0.15, 0.2) is 16.1 Å². The van der Waals surface area contributed by atoms with Crippen LogP contribution < -0.4 is 10.6 Å². The molecule has 2 heterocycles. The van der Waals surface area contributed by atoms with Gasteiger partial charge in [0.1, 0.15) is 0 Å². The number of carbonyl (C=O) groups excluding carboxylic acids is 2. The smallest absolute Gasteiger partial charge is 0.253 e. The van der Waals surface area contributed by atoms with Crippen molar-refractivity contribution in [3.63, 3.8) is 0 Å². The molecule has 12 heteroatoms. The highest BCUT2D eigenvalue weighted by Gasteiger charge is 2.27. The minimum Gasteiger partial charge on any atom is -0.342 e. The molecule has 0 unspecified atom stereocenters. The predicted octanol–water partition coefficient (Wildman–Crippen LogP) is 4.92. The van der Waals surface area contributed by atoms with Gasteiger partial charge in [-0.25, -0.2) is 4.98 Å². The number of carbonyl (C=O) groups is 2. The van der Waals surface area contributed by atoms with Crippen LogP contribution >= 0.6 is 46.3 Å². The molecule has 170 valence electrons. The molecule has 0 saturated heterocycles. The Morgan fingerprint density at radius 1 is 1.25 bits per heavy atom. The zero-order valence-electron chi connectivity index (χ0n) is 17.6. The maximum Gasteiger partial charge on any atom is 0.253 e. The number of thiazole rings is 1. The van der Waals surface area contributed by atoms with Crippen LogP contribution in [-0.2, 0) is 11.3 Å². The Hall–Kier alpha value is -2.14. The Kier molecular flexibility index (Phi) is 8.52. The second-order valence-corrected chi connectivity index (χ2v) is 9.76. The molecule has 0 saturated carbocycles. The number of halogens is 2. The molecule has 2 aromatic heterocycles. The van der Waals surface area contributed by atoms with Crippen molar-refractivity contribution < 1.29 is 9.59 Å².